The topological polar surface area (TPSA) is 86.6 Å². The molecule has 1 unspecified atom stereocenters. The fourth-order valence-corrected chi connectivity index (χ4v) is 4.72. The number of aromatic hydroxyl groups is 1. The van der Waals surface area contributed by atoms with Gasteiger partial charge in [-0.15, -0.1) is 0 Å². The predicted molar refractivity (Wildman–Crippen MR) is 148 cm³/mol. The minimum absolute atomic E-state index is 0.0299. The average molecular weight is 496 g/mol. The molecule has 0 radical (unpaired) electrons. The number of carbonyl (C=O) groups excluding carboxylic acids is 1. The second-order valence-electron chi connectivity index (χ2n) is 9.98. The number of aliphatic carboxylic acids is 1. The van der Waals surface area contributed by atoms with Crippen molar-refractivity contribution in [2.24, 2.45) is 5.92 Å². The van der Waals surface area contributed by atoms with E-state index in [0.717, 1.165) is 33.0 Å². The van der Waals surface area contributed by atoms with E-state index in [1.165, 1.54) is 0 Å². The quantitative estimate of drug-likeness (QED) is 0.208. The van der Waals surface area contributed by atoms with Crippen LogP contribution in [0.2, 0.25) is 0 Å². The van der Waals surface area contributed by atoms with Crippen LogP contribution in [0.15, 0.2) is 84.9 Å². The summed E-state index contributed by atoms with van der Waals surface area (Å²) in [7, 11) is 0. The van der Waals surface area contributed by atoms with E-state index in [2.05, 4.69) is 37.4 Å². The van der Waals surface area contributed by atoms with E-state index in [-0.39, 0.29) is 24.0 Å². The third-order valence-electron chi connectivity index (χ3n) is 6.60. The summed E-state index contributed by atoms with van der Waals surface area (Å²) < 4.78 is 0. The summed E-state index contributed by atoms with van der Waals surface area (Å²) in [5.41, 5.74) is 4.39. The summed E-state index contributed by atoms with van der Waals surface area (Å²) in [5.74, 6) is -0.956. The van der Waals surface area contributed by atoms with Gasteiger partial charge in [0.25, 0.3) is 0 Å². The Morgan fingerprint density at radius 3 is 2.24 bits per heavy atom. The van der Waals surface area contributed by atoms with Gasteiger partial charge in [0, 0.05) is 6.42 Å². The molecule has 0 spiro atoms. The van der Waals surface area contributed by atoms with Crippen LogP contribution < -0.4 is 5.32 Å². The molecule has 4 rings (SSSR count). The van der Waals surface area contributed by atoms with Gasteiger partial charge in [0.2, 0.25) is 5.91 Å². The fraction of sp³-hybridized carbons (Fsp3) is 0.250. The second-order valence-corrected chi connectivity index (χ2v) is 9.98. The molecule has 0 aliphatic carbocycles. The largest absolute Gasteiger partial charge is 0.506 e. The standard InChI is InChI=1S/C32H33NO4/c1-21(2)18-28(27-9-5-7-25-6-3-4-8-26(25)27)32(37)33-29-20-24(14-16-30(29)34)19-23-12-10-22(11-13-23)15-17-31(35)36/h3-14,16,20-21,28,34H,15,17-19H2,1-2H3,(H,33,37)(H,35,36). The van der Waals surface area contributed by atoms with Crippen LogP contribution in [-0.2, 0) is 22.4 Å². The molecule has 5 heteroatoms. The van der Waals surface area contributed by atoms with Crippen molar-refractivity contribution >= 4 is 28.3 Å². The Hall–Kier alpha value is -4.12. The maximum Gasteiger partial charge on any atom is 0.303 e. The van der Waals surface area contributed by atoms with E-state index in [0.29, 0.717) is 30.9 Å². The number of aryl methyl sites for hydroxylation is 1. The van der Waals surface area contributed by atoms with Crippen LogP contribution in [0.1, 0.15) is 54.9 Å². The summed E-state index contributed by atoms with van der Waals surface area (Å²) >= 11 is 0. The van der Waals surface area contributed by atoms with Crippen molar-refractivity contribution in [3.63, 3.8) is 0 Å². The van der Waals surface area contributed by atoms with Crippen LogP contribution in [-0.4, -0.2) is 22.1 Å². The highest BCUT2D eigenvalue weighted by Crippen LogP contribution is 2.33. The lowest BCUT2D eigenvalue weighted by Gasteiger charge is -2.21. The number of nitrogens with one attached hydrogen (secondary N) is 1. The molecule has 0 aromatic heterocycles. The van der Waals surface area contributed by atoms with Crippen molar-refractivity contribution in [2.45, 2.75) is 45.4 Å². The number of benzene rings is 4. The number of phenols is 1. The number of anilines is 1. The highest BCUT2D eigenvalue weighted by Gasteiger charge is 2.24. The number of hydrogen-bond acceptors (Lipinski definition) is 3. The number of carboxylic acids is 1. The minimum Gasteiger partial charge on any atom is -0.506 e. The Kier molecular flexibility index (Phi) is 8.24. The Morgan fingerprint density at radius 1 is 0.838 bits per heavy atom. The Bertz CT molecular complexity index is 1390. The van der Waals surface area contributed by atoms with Crippen molar-refractivity contribution in [1.29, 1.82) is 0 Å². The van der Waals surface area contributed by atoms with E-state index >= 15 is 0 Å². The zero-order valence-corrected chi connectivity index (χ0v) is 21.3. The molecule has 0 saturated heterocycles. The number of carbonyl (C=O) groups is 2. The zero-order valence-electron chi connectivity index (χ0n) is 21.3. The average Bonchev–Trinajstić information content (AvgIpc) is 2.88. The van der Waals surface area contributed by atoms with Gasteiger partial charge in [0.1, 0.15) is 5.75 Å². The van der Waals surface area contributed by atoms with Crippen LogP contribution in [0.25, 0.3) is 10.8 Å². The maximum absolute atomic E-state index is 13.6. The van der Waals surface area contributed by atoms with Gasteiger partial charge in [-0.1, -0.05) is 86.6 Å². The molecule has 0 fully saturated rings. The van der Waals surface area contributed by atoms with E-state index in [1.54, 1.807) is 6.07 Å². The van der Waals surface area contributed by atoms with Gasteiger partial charge in [-0.25, -0.2) is 0 Å². The zero-order chi connectivity index (χ0) is 26.4. The van der Waals surface area contributed by atoms with Crippen LogP contribution in [0.3, 0.4) is 0 Å². The first-order chi connectivity index (χ1) is 17.8. The Morgan fingerprint density at radius 2 is 1.51 bits per heavy atom. The lowest BCUT2D eigenvalue weighted by molar-refractivity contribution is -0.137. The van der Waals surface area contributed by atoms with Crippen LogP contribution >= 0.6 is 0 Å². The number of phenolic OH excluding ortho intramolecular Hbond substituents is 1. The van der Waals surface area contributed by atoms with Crippen LogP contribution in [0, 0.1) is 5.92 Å². The monoisotopic (exact) mass is 495 g/mol. The van der Waals surface area contributed by atoms with E-state index in [1.807, 2.05) is 60.7 Å². The molecule has 4 aromatic rings. The van der Waals surface area contributed by atoms with Gasteiger partial charge in [-0.05, 0) is 70.3 Å². The SMILES string of the molecule is CC(C)CC(C(=O)Nc1cc(Cc2ccc(CCC(=O)O)cc2)ccc1O)c1cccc2ccccc12. The van der Waals surface area contributed by atoms with Crippen molar-refractivity contribution in [2.75, 3.05) is 5.32 Å². The molecule has 4 aromatic carbocycles. The van der Waals surface area contributed by atoms with Crippen LogP contribution in [0.4, 0.5) is 5.69 Å². The number of amides is 1. The highest BCUT2D eigenvalue weighted by atomic mass is 16.4. The third-order valence-corrected chi connectivity index (χ3v) is 6.60. The molecule has 37 heavy (non-hydrogen) atoms. The fourth-order valence-electron chi connectivity index (χ4n) is 4.72. The summed E-state index contributed by atoms with van der Waals surface area (Å²) in [4.78, 5) is 24.4. The lowest BCUT2D eigenvalue weighted by atomic mass is 9.86. The molecule has 0 aliphatic heterocycles. The minimum atomic E-state index is -0.807. The van der Waals surface area contributed by atoms with Crippen molar-refractivity contribution in [3.8, 4) is 5.75 Å². The molecule has 3 N–H and O–H groups in total. The third kappa shape index (κ3) is 6.76. The van der Waals surface area contributed by atoms with Gasteiger partial charge < -0.3 is 15.5 Å². The van der Waals surface area contributed by atoms with Crippen LogP contribution in [0.5, 0.6) is 5.75 Å². The Labute approximate surface area is 217 Å². The molecule has 0 heterocycles. The summed E-state index contributed by atoms with van der Waals surface area (Å²) in [5, 5.41) is 24.6. The molecule has 1 atom stereocenters. The first-order valence-electron chi connectivity index (χ1n) is 12.7. The molecule has 0 saturated carbocycles. The molecule has 0 bridgehead atoms. The molecule has 5 nitrogen and oxygen atoms in total. The number of rotatable bonds is 10. The van der Waals surface area contributed by atoms with E-state index in [9.17, 15) is 14.7 Å². The summed E-state index contributed by atoms with van der Waals surface area (Å²) in [6.45, 7) is 4.22. The number of fused-ring (bicyclic) bond motifs is 1. The van der Waals surface area contributed by atoms with Gasteiger partial charge in [-0.2, -0.15) is 0 Å². The molecular weight excluding hydrogens is 462 g/mol. The lowest BCUT2D eigenvalue weighted by Crippen LogP contribution is -2.23. The van der Waals surface area contributed by atoms with Crippen molar-refractivity contribution < 1.29 is 19.8 Å². The second kappa shape index (κ2) is 11.7. The molecule has 0 aliphatic rings. The predicted octanol–water partition coefficient (Wildman–Crippen LogP) is 6.92. The van der Waals surface area contributed by atoms with E-state index < -0.39 is 5.97 Å². The normalized spacial score (nSPS) is 12.0. The Balaban J connectivity index is 1.54. The summed E-state index contributed by atoms with van der Waals surface area (Å²) in [6, 6.07) is 27.3. The number of hydrogen-bond donors (Lipinski definition) is 3. The van der Waals surface area contributed by atoms with Gasteiger partial charge in [0.15, 0.2) is 0 Å². The first-order valence-corrected chi connectivity index (χ1v) is 12.7. The van der Waals surface area contributed by atoms with Gasteiger partial charge >= 0.3 is 5.97 Å². The van der Waals surface area contributed by atoms with Gasteiger partial charge in [0.05, 0.1) is 11.6 Å². The smallest absolute Gasteiger partial charge is 0.303 e. The maximum atomic E-state index is 13.6. The summed E-state index contributed by atoms with van der Waals surface area (Å²) in [6.07, 6.45) is 1.92. The number of carboxylic acid groups (broad SMARTS) is 1. The van der Waals surface area contributed by atoms with E-state index in [4.69, 9.17) is 5.11 Å². The molecule has 1 amide bonds. The van der Waals surface area contributed by atoms with Gasteiger partial charge in [-0.3, -0.25) is 9.59 Å². The first kappa shape index (κ1) is 26.0. The highest BCUT2D eigenvalue weighted by molar-refractivity contribution is 6.00. The molecule has 190 valence electrons. The molecular formula is C32H33NO4. The van der Waals surface area contributed by atoms with Crippen molar-refractivity contribution in [1.82, 2.24) is 0 Å². The van der Waals surface area contributed by atoms with Crippen molar-refractivity contribution in [3.05, 3.63) is 107 Å².